The molecule has 188 valence electrons. The molecule has 4 rings (SSSR count). The molecule has 3 atom stereocenters. The zero-order valence-electron chi connectivity index (χ0n) is 20.1. The van der Waals surface area contributed by atoms with Gasteiger partial charge in [0, 0.05) is 33.1 Å². The third-order valence-electron chi connectivity index (χ3n) is 6.43. The Labute approximate surface area is 216 Å². The summed E-state index contributed by atoms with van der Waals surface area (Å²) in [6.07, 6.45) is 0.465. The van der Waals surface area contributed by atoms with E-state index in [2.05, 4.69) is 21.2 Å². The normalized spacial score (nSPS) is 23.1. The summed E-state index contributed by atoms with van der Waals surface area (Å²) in [4.78, 5) is 39.8. The molecule has 3 aliphatic rings. The summed E-state index contributed by atoms with van der Waals surface area (Å²) in [6, 6.07) is 3.54. The monoisotopic (exact) mass is 565 g/mol. The fourth-order valence-corrected chi connectivity index (χ4v) is 5.87. The predicted molar refractivity (Wildman–Crippen MR) is 134 cm³/mol. The minimum absolute atomic E-state index is 0.0884. The number of hydrogen-bond acceptors (Lipinski definition) is 9. The molecular formula is C25H28BrNO7S. The molecule has 0 spiro atoms. The SMILES string of the molecule is CCSCCOC(=O)C1=C(C)NC2=C(C(=O)[C@H](C(=O)OC)[C@@H](C)C2)[C@H]1c1cc2c(cc1Br)OCO2. The van der Waals surface area contributed by atoms with E-state index >= 15 is 0 Å². The number of rotatable bonds is 7. The lowest BCUT2D eigenvalue weighted by Crippen LogP contribution is -2.43. The molecule has 0 aromatic heterocycles. The van der Waals surface area contributed by atoms with Crippen LogP contribution in [0, 0.1) is 11.8 Å². The zero-order chi connectivity index (χ0) is 25.3. The van der Waals surface area contributed by atoms with Gasteiger partial charge >= 0.3 is 11.9 Å². The molecule has 2 heterocycles. The second kappa shape index (κ2) is 10.7. The maximum Gasteiger partial charge on any atom is 0.336 e. The molecule has 1 aromatic rings. The molecule has 35 heavy (non-hydrogen) atoms. The molecule has 2 aliphatic heterocycles. The first-order valence-electron chi connectivity index (χ1n) is 11.4. The number of fused-ring (bicyclic) bond motifs is 1. The van der Waals surface area contributed by atoms with E-state index in [9.17, 15) is 14.4 Å². The fraction of sp³-hybridized carbons (Fsp3) is 0.480. The smallest absolute Gasteiger partial charge is 0.336 e. The molecule has 10 heteroatoms. The number of hydrogen-bond donors (Lipinski definition) is 1. The average Bonchev–Trinajstić information content (AvgIpc) is 3.27. The maximum atomic E-state index is 13.8. The highest BCUT2D eigenvalue weighted by molar-refractivity contribution is 9.10. The second-order valence-electron chi connectivity index (χ2n) is 8.60. The van der Waals surface area contributed by atoms with Gasteiger partial charge in [-0.05, 0) is 42.7 Å². The lowest BCUT2D eigenvalue weighted by molar-refractivity contribution is -0.151. The topological polar surface area (TPSA) is 100 Å². The van der Waals surface area contributed by atoms with Crippen molar-refractivity contribution in [2.24, 2.45) is 11.8 Å². The Kier molecular flexibility index (Phi) is 7.80. The van der Waals surface area contributed by atoms with E-state index in [1.165, 1.54) is 7.11 Å². The number of carbonyl (C=O) groups is 3. The number of halogens is 1. The largest absolute Gasteiger partial charge is 0.468 e. The van der Waals surface area contributed by atoms with Gasteiger partial charge in [0.1, 0.15) is 12.5 Å². The van der Waals surface area contributed by atoms with Crippen LogP contribution < -0.4 is 14.8 Å². The molecule has 1 aromatic carbocycles. The number of allylic oxidation sites excluding steroid dienone is 3. The molecule has 0 amide bonds. The Hall–Kier alpha value is -2.46. The van der Waals surface area contributed by atoms with Crippen molar-refractivity contribution in [3.63, 3.8) is 0 Å². The van der Waals surface area contributed by atoms with Crippen LogP contribution in [0.15, 0.2) is 39.1 Å². The summed E-state index contributed by atoms with van der Waals surface area (Å²) in [5.74, 6) is -0.711. The Balaban J connectivity index is 1.82. The van der Waals surface area contributed by atoms with Gasteiger partial charge in [-0.15, -0.1) is 0 Å². The molecule has 0 radical (unpaired) electrons. The van der Waals surface area contributed by atoms with Crippen LogP contribution >= 0.6 is 27.7 Å². The second-order valence-corrected chi connectivity index (χ2v) is 10.8. The van der Waals surface area contributed by atoms with Crippen molar-refractivity contribution in [2.75, 3.05) is 32.0 Å². The number of Topliss-reactive ketones (excluding diaryl/α,β-unsaturated/α-hetero) is 1. The van der Waals surface area contributed by atoms with Crippen molar-refractivity contribution in [1.29, 1.82) is 0 Å². The van der Waals surface area contributed by atoms with Gasteiger partial charge in [0.25, 0.3) is 0 Å². The summed E-state index contributed by atoms with van der Waals surface area (Å²) < 4.78 is 22.3. The zero-order valence-corrected chi connectivity index (χ0v) is 22.5. The highest BCUT2D eigenvalue weighted by atomic mass is 79.9. The molecule has 1 aliphatic carbocycles. The Morgan fingerprint density at radius 3 is 2.66 bits per heavy atom. The van der Waals surface area contributed by atoms with Crippen LogP contribution in [0.1, 0.15) is 38.7 Å². The van der Waals surface area contributed by atoms with Gasteiger partial charge in [0.05, 0.1) is 12.7 Å². The molecule has 0 unspecified atom stereocenters. The third kappa shape index (κ3) is 4.82. The van der Waals surface area contributed by atoms with Crippen molar-refractivity contribution in [3.8, 4) is 11.5 Å². The summed E-state index contributed by atoms with van der Waals surface area (Å²) in [6.45, 7) is 6.04. The van der Waals surface area contributed by atoms with Crippen LogP contribution in [0.4, 0.5) is 0 Å². The third-order valence-corrected chi connectivity index (χ3v) is 7.98. The van der Waals surface area contributed by atoms with Crippen LogP contribution in [0.25, 0.3) is 0 Å². The number of nitrogens with one attached hydrogen (secondary N) is 1. The Morgan fingerprint density at radius 1 is 1.26 bits per heavy atom. The number of ether oxygens (including phenoxy) is 4. The first kappa shape index (κ1) is 25.6. The molecule has 0 fully saturated rings. The van der Waals surface area contributed by atoms with E-state index in [-0.39, 0.29) is 25.1 Å². The summed E-state index contributed by atoms with van der Waals surface area (Å²) in [5, 5.41) is 3.27. The Bertz CT molecular complexity index is 1130. The van der Waals surface area contributed by atoms with Gasteiger partial charge in [0.2, 0.25) is 6.79 Å². The van der Waals surface area contributed by atoms with Gasteiger partial charge in [-0.2, -0.15) is 11.8 Å². The standard InChI is InChI=1S/C25H28BrNO7S/c1-5-35-7-6-32-25(30)20-13(3)27-16-8-12(2)19(24(29)31-4)23(28)22(16)21(20)14-9-17-18(10-15(14)26)34-11-33-17/h9-10,12,19,21,27H,5-8,11H2,1-4H3/t12-,19+,21-/m0/s1. The van der Waals surface area contributed by atoms with Gasteiger partial charge in [0.15, 0.2) is 17.3 Å². The maximum absolute atomic E-state index is 13.8. The fourth-order valence-electron chi connectivity index (χ4n) is 4.83. The van der Waals surface area contributed by atoms with Crippen molar-refractivity contribution >= 4 is 45.4 Å². The van der Waals surface area contributed by atoms with Crippen LogP contribution in [0.5, 0.6) is 11.5 Å². The lowest BCUT2D eigenvalue weighted by Gasteiger charge is -2.38. The van der Waals surface area contributed by atoms with Gasteiger partial charge in [-0.3, -0.25) is 9.59 Å². The number of dihydropyridines is 1. The average molecular weight is 566 g/mol. The summed E-state index contributed by atoms with van der Waals surface area (Å²) >= 11 is 5.28. The van der Waals surface area contributed by atoms with Crippen molar-refractivity contribution in [1.82, 2.24) is 5.32 Å². The number of carbonyl (C=O) groups excluding carboxylic acids is 3. The van der Waals surface area contributed by atoms with E-state index in [0.717, 1.165) is 5.75 Å². The molecule has 0 saturated heterocycles. The minimum Gasteiger partial charge on any atom is -0.468 e. The number of benzene rings is 1. The number of thioether (sulfide) groups is 1. The van der Waals surface area contributed by atoms with Gasteiger partial charge in [-0.1, -0.05) is 29.8 Å². The summed E-state index contributed by atoms with van der Waals surface area (Å²) in [7, 11) is 1.28. The minimum atomic E-state index is -0.951. The van der Waals surface area contributed by atoms with Gasteiger partial charge in [-0.25, -0.2) is 4.79 Å². The van der Waals surface area contributed by atoms with E-state index < -0.39 is 23.8 Å². The Morgan fingerprint density at radius 2 is 1.97 bits per heavy atom. The van der Waals surface area contributed by atoms with Gasteiger partial charge < -0.3 is 24.3 Å². The highest BCUT2D eigenvalue weighted by Gasteiger charge is 2.48. The molecular weight excluding hydrogens is 538 g/mol. The number of methoxy groups -OCH3 is 1. The number of esters is 2. The van der Waals surface area contributed by atoms with Crippen LogP contribution in [-0.2, 0) is 23.9 Å². The number of ketones is 1. The van der Waals surface area contributed by atoms with E-state index in [0.29, 0.717) is 56.2 Å². The lowest BCUT2D eigenvalue weighted by atomic mass is 9.69. The van der Waals surface area contributed by atoms with E-state index in [1.54, 1.807) is 30.8 Å². The van der Waals surface area contributed by atoms with Crippen LogP contribution in [0.2, 0.25) is 0 Å². The van der Waals surface area contributed by atoms with E-state index in [4.69, 9.17) is 18.9 Å². The predicted octanol–water partition coefficient (Wildman–Crippen LogP) is 4.09. The first-order chi connectivity index (χ1) is 16.8. The highest BCUT2D eigenvalue weighted by Crippen LogP contribution is 2.49. The first-order valence-corrected chi connectivity index (χ1v) is 13.4. The van der Waals surface area contributed by atoms with E-state index in [1.807, 2.05) is 13.8 Å². The van der Waals surface area contributed by atoms with Crippen molar-refractivity contribution < 1.29 is 33.3 Å². The summed E-state index contributed by atoms with van der Waals surface area (Å²) in [5.41, 5.74) is 2.68. The molecule has 0 saturated carbocycles. The molecule has 8 nitrogen and oxygen atoms in total. The van der Waals surface area contributed by atoms with Crippen LogP contribution in [-0.4, -0.2) is 49.7 Å². The van der Waals surface area contributed by atoms with Crippen molar-refractivity contribution in [3.05, 3.63) is 44.7 Å². The van der Waals surface area contributed by atoms with Crippen molar-refractivity contribution in [2.45, 2.75) is 33.1 Å². The quantitative estimate of drug-likeness (QED) is 0.297. The molecule has 1 N–H and O–H groups in total. The molecule has 0 bridgehead atoms. The van der Waals surface area contributed by atoms with Crippen LogP contribution in [0.3, 0.4) is 0 Å².